The summed E-state index contributed by atoms with van der Waals surface area (Å²) in [4.78, 5) is 25.4. The van der Waals surface area contributed by atoms with Gasteiger partial charge in [-0.15, -0.1) is 0 Å². The lowest BCUT2D eigenvalue weighted by Crippen LogP contribution is -2.34. The molecule has 2 rings (SSSR count). The molecule has 1 aromatic rings. The van der Waals surface area contributed by atoms with Gasteiger partial charge in [-0.2, -0.15) is 0 Å². The molecule has 0 aromatic carbocycles. The lowest BCUT2D eigenvalue weighted by atomic mass is 10.1. The number of H-pyrrole nitrogens is 1. The second kappa shape index (κ2) is 4.88. The fourth-order valence-electron chi connectivity index (χ4n) is 2.06. The number of hydrogen-bond donors (Lipinski definition) is 3. The van der Waals surface area contributed by atoms with Crippen molar-refractivity contribution in [2.24, 2.45) is 13.0 Å². The van der Waals surface area contributed by atoms with Crippen molar-refractivity contribution >= 4 is 11.5 Å². The first-order valence-electron chi connectivity index (χ1n) is 6.38. The largest absolute Gasteiger partial charge is 0.383 e. The maximum absolute atomic E-state index is 11.8. The Morgan fingerprint density at radius 3 is 2.72 bits per heavy atom. The number of nitrogens with two attached hydrogens (primary N) is 1. The molecule has 1 unspecified atom stereocenters. The number of nitrogen functional groups attached to an aromatic ring is 1. The highest BCUT2D eigenvalue weighted by Gasteiger charge is 2.25. The summed E-state index contributed by atoms with van der Waals surface area (Å²) in [5.41, 5.74) is 5.20. The Bertz CT molecular complexity index is 542. The minimum atomic E-state index is -0.488. The van der Waals surface area contributed by atoms with Gasteiger partial charge in [0.25, 0.3) is 5.56 Å². The summed E-state index contributed by atoms with van der Waals surface area (Å²) < 4.78 is 1.24. The van der Waals surface area contributed by atoms with Crippen molar-refractivity contribution in [3.8, 4) is 0 Å². The Balaban J connectivity index is 2.24. The monoisotopic (exact) mass is 252 g/mol. The zero-order chi connectivity index (χ0) is 13.3. The predicted molar refractivity (Wildman–Crippen MR) is 71.8 cm³/mol. The highest BCUT2D eigenvalue weighted by Crippen LogP contribution is 2.34. The van der Waals surface area contributed by atoms with Crippen LogP contribution in [0.15, 0.2) is 9.59 Å². The third-order valence-corrected chi connectivity index (χ3v) is 3.53. The smallest absolute Gasteiger partial charge is 0.329 e. The summed E-state index contributed by atoms with van der Waals surface area (Å²) in [6.07, 6.45) is 4.53. The summed E-state index contributed by atoms with van der Waals surface area (Å²) in [6, 6.07) is 0.235. The fraction of sp³-hybridized carbons (Fsp3) is 0.667. The average molecular weight is 252 g/mol. The zero-order valence-corrected chi connectivity index (χ0v) is 10.8. The van der Waals surface area contributed by atoms with Gasteiger partial charge < -0.3 is 11.1 Å². The lowest BCUT2D eigenvalue weighted by molar-refractivity contribution is 0.585. The van der Waals surface area contributed by atoms with Crippen LogP contribution in [0.3, 0.4) is 0 Å². The number of nitrogens with zero attached hydrogens (tertiary/aromatic N) is 1. The highest BCUT2D eigenvalue weighted by atomic mass is 16.2. The third-order valence-electron chi connectivity index (χ3n) is 3.53. The van der Waals surface area contributed by atoms with Gasteiger partial charge in [-0.25, -0.2) is 4.79 Å². The van der Waals surface area contributed by atoms with Gasteiger partial charge in [0.15, 0.2) is 0 Å². The van der Waals surface area contributed by atoms with E-state index >= 15 is 0 Å². The summed E-state index contributed by atoms with van der Waals surface area (Å²) in [5.74, 6) is 0.966. The summed E-state index contributed by atoms with van der Waals surface area (Å²) in [6.45, 7) is 2.08. The molecule has 1 aromatic heterocycles. The van der Waals surface area contributed by atoms with Gasteiger partial charge in [0.2, 0.25) is 0 Å². The molecule has 1 atom stereocenters. The van der Waals surface area contributed by atoms with Crippen LogP contribution in [0.25, 0.3) is 0 Å². The van der Waals surface area contributed by atoms with Gasteiger partial charge >= 0.3 is 5.69 Å². The Morgan fingerprint density at radius 1 is 1.50 bits per heavy atom. The van der Waals surface area contributed by atoms with E-state index in [1.54, 1.807) is 7.05 Å². The van der Waals surface area contributed by atoms with Crippen molar-refractivity contribution in [1.82, 2.24) is 9.55 Å². The van der Waals surface area contributed by atoms with Gasteiger partial charge in [-0.05, 0) is 18.8 Å². The SMILES string of the molecule is CCC(CC1CC1)Nc1c(N)n(C)c(=O)[nH]c1=O. The Kier molecular flexibility index (Phi) is 3.45. The topological polar surface area (TPSA) is 92.9 Å². The molecule has 0 saturated heterocycles. The van der Waals surface area contributed by atoms with Crippen LogP contribution in [0, 0.1) is 5.92 Å². The minimum absolute atomic E-state index is 0.193. The molecule has 0 aliphatic heterocycles. The predicted octanol–water partition coefficient (Wildman–Crippen LogP) is 0.646. The van der Waals surface area contributed by atoms with Crippen LogP contribution in [0.4, 0.5) is 11.5 Å². The van der Waals surface area contributed by atoms with E-state index in [1.165, 1.54) is 17.4 Å². The van der Waals surface area contributed by atoms with E-state index in [2.05, 4.69) is 17.2 Å². The Hall–Kier alpha value is -1.72. The average Bonchev–Trinajstić information content (AvgIpc) is 3.14. The van der Waals surface area contributed by atoms with Crippen LogP contribution >= 0.6 is 0 Å². The van der Waals surface area contributed by atoms with Gasteiger partial charge in [-0.1, -0.05) is 19.8 Å². The zero-order valence-electron chi connectivity index (χ0n) is 10.8. The molecule has 100 valence electrons. The van der Waals surface area contributed by atoms with Gasteiger partial charge in [0.05, 0.1) is 0 Å². The van der Waals surface area contributed by atoms with Crippen molar-refractivity contribution < 1.29 is 0 Å². The van der Waals surface area contributed by atoms with Crippen LogP contribution in [-0.2, 0) is 7.05 Å². The number of nitrogens with one attached hydrogen (secondary N) is 2. The van der Waals surface area contributed by atoms with Crippen LogP contribution < -0.4 is 22.3 Å². The van der Waals surface area contributed by atoms with E-state index < -0.39 is 11.2 Å². The molecule has 0 spiro atoms. The molecule has 18 heavy (non-hydrogen) atoms. The molecule has 4 N–H and O–H groups in total. The second-order valence-electron chi connectivity index (χ2n) is 5.01. The molecule has 1 aliphatic rings. The number of rotatable bonds is 5. The highest BCUT2D eigenvalue weighted by molar-refractivity contribution is 5.60. The molecule has 6 heteroatoms. The normalized spacial score (nSPS) is 16.6. The maximum atomic E-state index is 11.8. The van der Waals surface area contributed by atoms with Crippen LogP contribution in [0.5, 0.6) is 0 Å². The van der Waals surface area contributed by atoms with E-state index in [-0.39, 0.29) is 11.9 Å². The first kappa shape index (κ1) is 12.7. The van der Waals surface area contributed by atoms with E-state index in [0.717, 1.165) is 18.8 Å². The first-order chi connectivity index (χ1) is 8.52. The third kappa shape index (κ3) is 2.57. The van der Waals surface area contributed by atoms with Gasteiger partial charge in [0.1, 0.15) is 11.5 Å². The van der Waals surface area contributed by atoms with Crippen molar-refractivity contribution in [3.05, 3.63) is 20.8 Å². The molecule has 0 bridgehead atoms. The lowest BCUT2D eigenvalue weighted by Gasteiger charge is -2.19. The Labute approximate surface area is 105 Å². The quantitative estimate of drug-likeness (QED) is 0.717. The molecule has 1 saturated carbocycles. The van der Waals surface area contributed by atoms with Crippen molar-refractivity contribution in [3.63, 3.8) is 0 Å². The van der Waals surface area contributed by atoms with Crippen LogP contribution in [0.2, 0.25) is 0 Å². The minimum Gasteiger partial charge on any atom is -0.383 e. The first-order valence-corrected chi connectivity index (χ1v) is 6.38. The van der Waals surface area contributed by atoms with Crippen molar-refractivity contribution in [2.75, 3.05) is 11.1 Å². The molecule has 0 radical (unpaired) electrons. The summed E-state index contributed by atoms with van der Waals surface area (Å²) >= 11 is 0. The van der Waals surface area contributed by atoms with Crippen molar-refractivity contribution in [2.45, 2.75) is 38.6 Å². The van der Waals surface area contributed by atoms with E-state index in [9.17, 15) is 9.59 Å². The molecule has 1 fully saturated rings. The molecule has 1 aliphatic carbocycles. The molecule has 0 amide bonds. The van der Waals surface area contributed by atoms with Crippen LogP contribution in [-0.4, -0.2) is 15.6 Å². The Morgan fingerprint density at radius 2 is 2.17 bits per heavy atom. The standard InChI is InChI=1S/C12H20N4O2/c1-3-8(6-7-4-5-7)14-9-10(13)16(2)12(18)15-11(9)17/h7-8,14H,3-6,13H2,1-2H3,(H,15,17,18). The number of anilines is 2. The van der Waals surface area contributed by atoms with Gasteiger partial charge in [0, 0.05) is 13.1 Å². The van der Waals surface area contributed by atoms with E-state index in [0.29, 0.717) is 5.69 Å². The summed E-state index contributed by atoms with van der Waals surface area (Å²) in [5, 5.41) is 3.18. The second-order valence-corrected chi connectivity index (χ2v) is 5.01. The maximum Gasteiger partial charge on any atom is 0.329 e. The number of aromatic amines is 1. The molecule has 6 nitrogen and oxygen atoms in total. The fourth-order valence-corrected chi connectivity index (χ4v) is 2.06. The van der Waals surface area contributed by atoms with E-state index in [4.69, 9.17) is 5.73 Å². The van der Waals surface area contributed by atoms with Gasteiger partial charge in [-0.3, -0.25) is 14.3 Å². The number of hydrogen-bond acceptors (Lipinski definition) is 4. The van der Waals surface area contributed by atoms with Crippen molar-refractivity contribution in [1.29, 1.82) is 0 Å². The van der Waals surface area contributed by atoms with Crippen LogP contribution in [0.1, 0.15) is 32.6 Å². The molecule has 1 heterocycles. The van der Waals surface area contributed by atoms with E-state index in [1.807, 2.05) is 0 Å². The number of aromatic nitrogens is 2. The molecular formula is C12H20N4O2. The molecular weight excluding hydrogens is 232 g/mol. The summed E-state index contributed by atoms with van der Waals surface area (Å²) in [7, 11) is 1.54.